The zero-order valence-corrected chi connectivity index (χ0v) is 20.1. The second-order valence-electron chi connectivity index (χ2n) is 8.48. The number of nitriles is 1. The quantitative estimate of drug-likeness (QED) is 0.542. The summed E-state index contributed by atoms with van der Waals surface area (Å²) in [4.78, 5) is 29.5. The number of fused-ring (bicyclic) bond motifs is 1. The van der Waals surface area contributed by atoms with Crippen molar-refractivity contribution in [1.82, 2.24) is 14.9 Å². The summed E-state index contributed by atoms with van der Waals surface area (Å²) in [6.45, 7) is 1.68. The van der Waals surface area contributed by atoms with E-state index < -0.39 is 0 Å². The molecule has 1 amide bonds. The first-order valence-electron chi connectivity index (χ1n) is 11.3. The number of rotatable bonds is 6. The highest BCUT2D eigenvalue weighted by Crippen LogP contribution is 2.40. The Morgan fingerprint density at radius 1 is 1.14 bits per heavy atom. The van der Waals surface area contributed by atoms with Gasteiger partial charge in [-0.25, -0.2) is 0 Å². The standard InChI is InChI=1S/C25H24N8O3/c1-32(2)18-8-7-15(13-26)11-19(18)36-24-21-22(28-14-20(34)29-21)30-25(31-24)35-17-6-4-5-16(12-17)23-27-9-10-33(23)3/h4-8,11-12H,9-10,14H2,1-3H3,(H,29,34)(H,28,30,31). The topological polar surface area (TPSA) is 128 Å². The van der Waals surface area contributed by atoms with Crippen LogP contribution in [0.2, 0.25) is 0 Å². The van der Waals surface area contributed by atoms with Gasteiger partial charge in [0.2, 0.25) is 5.91 Å². The van der Waals surface area contributed by atoms with Crippen molar-refractivity contribution in [3.8, 4) is 29.5 Å². The van der Waals surface area contributed by atoms with Gasteiger partial charge in [0.1, 0.15) is 17.3 Å². The summed E-state index contributed by atoms with van der Waals surface area (Å²) in [6, 6.07) is 14.8. The van der Waals surface area contributed by atoms with Crippen LogP contribution < -0.4 is 25.0 Å². The molecule has 0 bridgehead atoms. The predicted octanol–water partition coefficient (Wildman–Crippen LogP) is 3.05. The summed E-state index contributed by atoms with van der Waals surface area (Å²) < 4.78 is 12.2. The Kier molecular flexibility index (Phi) is 6.00. The fourth-order valence-corrected chi connectivity index (χ4v) is 3.92. The summed E-state index contributed by atoms with van der Waals surface area (Å²) in [5.41, 5.74) is 2.37. The summed E-state index contributed by atoms with van der Waals surface area (Å²) in [5, 5.41) is 15.1. The van der Waals surface area contributed by atoms with Crippen LogP contribution in [-0.4, -0.2) is 67.4 Å². The lowest BCUT2D eigenvalue weighted by molar-refractivity contribution is -0.114. The highest BCUT2D eigenvalue weighted by atomic mass is 16.5. The minimum Gasteiger partial charge on any atom is -0.435 e. The molecule has 11 heteroatoms. The van der Waals surface area contributed by atoms with Gasteiger partial charge >= 0.3 is 6.01 Å². The molecule has 5 rings (SSSR count). The summed E-state index contributed by atoms with van der Waals surface area (Å²) >= 11 is 0. The average molecular weight is 485 g/mol. The number of nitrogens with one attached hydrogen (secondary N) is 2. The maximum Gasteiger partial charge on any atom is 0.327 e. The third kappa shape index (κ3) is 4.56. The predicted molar refractivity (Wildman–Crippen MR) is 135 cm³/mol. The van der Waals surface area contributed by atoms with E-state index in [1.165, 1.54) is 0 Å². The molecule has 0 saturated heterocycles. The van der Waals surface area contributed by atoms with Gasteiger partial charge in [0.15, 0.2) is 11.6 Å². The Bertz CT molecular complexity index is 1410. The molecule has 0 saturated carbocycles. The number of benzene rings is 2. The van der Waals surface area contributed by atoms with Crippen LogP contribution in [0.1, 0.15) is 11.1 Å². The van der Waals surface area contributed by atoms with Crippen molar-refractivity contribution in [3.63, 3.8) is 0 Å². The molecule has 36 heavy (non-hydrogen) atoms. The highest BCUT2D eigenvalue weighted by Gasteiger charge is 2.25. The summed E-state index contributed by atoms with van der Waals surface area (Å²) in [5.74, 6) is 2.03. The number of carbonyl (C=O) groups excluding carboxylic acids is 1. The minimum atomic E-state index is -0.252. The zero-order chi connectivity index (χ0) is 25.2. The molecule has 0 spiro atoms. The van der Waals surface area contributed by atoms with Gasteiger partial charge in [-0.3, -0.25) is 9.79 Å². The number of nitrogens with zero attached hydrogens (tertiary/aromatic N) is 6. The fourth-order valence-electron chi connectivity index (χ4n) is 3.92. The Balaban J connectivity index is 1.52. The van der Waals surface area contributed by atoms with Gasteiger partial charge < -0.3 is 29.9 Å². The van der Waals surface area contributed by atoms with E-state index in [1.54, 1.807) is 24.3 Å². The van der Waals surface area contributed by atoms with Gasteiger partial charge in [-0.1, -0.05) is 12.1 Å². The van der Waals surface area contributed by atoms with Crippen LogP contribution in [0.5, 0.6) is 23.4 Å². The third-order valence-corrected chi connectivity index (χ3v) is 5.67. The van der Waals surface area contributed by atoms with E-state index in [4.69, 9.17) is 9.47 Å². The Morgan fingerprint density at radius 2 is 2.00 bits per heavy atom. The van der Waals surface area contributed by atoms with Crippen LogP contribution in [0.15, 0.2) is 47.5 Å². The molecule has 0 aliphatic carbocycles. The van der Waals surface area contributed by atoms with Crippen molar-refractivity contribution < 1.29 is 14.3 Å². The van der Waals surface area contributed by atoms with Gasteiger partial charge in [-0.15, -0.1) is 0 Å². The number of ether oxygens (including phenoxy) is 2. The second kappa shape index (κ2) is 9.42. The number of anilines is 3. The summed E-state index contributed by atoms with van der Waals surface area (Å²) in [7, 11) is 5.72. The molecule has 2 aliphatic heterocycles. The van der Waals surface area contributed by atoms with E-state index >= 15 is 0 Å². The maximum atomic E-state index is 12.1. The smallest absolute Gasteiger partial charge is 0.327 e. The molecular formula is C25H24N8O3. The SMILES string of the molecule is CN1CCN=C1c1cccc(Oc2nc3c(c(Oc4cc(C#N)ccc4N(C)C)n2)NC(=O)CN3)c1. The van der Waals surface area contributed by atoms with Crippen molar-refractivity contribution in [2.45, 2.75) is 0 Å². The number of likely N-dealkylation sites (N-methyl/N-ethyl adjacent to an activating group) is 1. The van der Waals surface area contributed by atoms with Crippen LogP contribution in [0.4, 0.5) is 17.2 Å². The van der Waals surface area contributed by atoms with Crippen molar-refractivity contribution in [3.05, 3.63) is 53.6 Å². The molecule has 0 fully saturated rings. The molecule has 2 N–H and O–H groups in total. The van der Waals surface area contributed by atoms with Gasteiger partial charge in [-0.05, 0) is 24.3 Å². The first-order valence-corrected chi connectivity index (χ1v) is 11.3. The lowest BCUT2D eigenvalue weighted by atomic mass is 10.2. The molecule has 0 unspecified atom stereocenters. The average Bonchev–Trinajstić information content (AvgIpc) is 3.30. The number of carbonyl (C=O) groups is 1. The number of amides is 1. The molecule has 3 aromatic rings. The van der Waals surface area contributed by atoms with Crippen LogP contribution in [0.3, 0.4) is 0 Å². The molecule has 1 aromatic heterocycles. The van der Waals surface area contributed by atoms with Crippen LogP contribution in [0, 0.1) is 11.3 Å². The molecule has 3 heterocycles. The van der Waals surface area contributed by atoms with E-state index in [9.17, 15) is 10.1 Å². The molecule has 0 atom stereocenters. The van der Waals surface area contributed by atoms with Crippen LogP contribution >= 0.6 is 0 Å². The number of amidine groups is 1. The molecule has 0 radical (unpaired) electrons. The first kappa shape index (κ1) is 22.9. The molecule has 2 aliphatic rings. The number of hydrogen-bond acceptors (Lipinski definition) is 10. The Hall–Kier alpha value is -4.85. The lowest BCUT2D eigenvalue weighted by Gasteiger charge is -2.22. The molecule has 11 nitrogen and oxygen atoms in total. The molecule has 182 valence electrons. The molecule has 2 aromatic carbocycles. The van der Waals surface area contributed by atoms with E-state index in [2.05, 4.69) is 36.6 Å². The van der Waals surface area contributed by atoms with Gasteiger partial charge in [0, 0.05) is 39.3 Å². The maximum absolute atomic E-state index is 12.1. The van der Waals surface area contributed by atoms with Crippen LogP contribution in [0.25, 0.3) is 0 Å². The zero-order valence-electron chi connectivity index (χ0n) is 20.1. The van der Waals surface area contributed by atoms with E-state index in [0.717, 1.165) is 30.2 Å². The number of aliphatic imine (C=N–C) groups is 1. The Labute approximate surface area is 208 Å². The molecular weight excluding hydrogens is 460 g/mol. The van der Waals surface area contributed by atoms with Gasteiger partial charge in [0.05, 0.1) is 30.4 Å². The normalized spacial score (nSPS) is 14.2. The van der Waals surface area contributed by atoms with Crippen molar-refractivity contribution in [1.29, 1.82) is 5.26 Å². The monoisotopic (exact) mass is 484 g/mol. The van der Waals surface area contributed by atoms with Crippen molar-refractivity contribution in [2.24, 2.45) is 4.99 Å². The van der Waals surface area contributed by atoms with Gasteiger partial charge in [0.25, 0.3) is 5.88 Å². The minimum absolute atomic E-state index is 0.0362. The Morgan fingerprint density at radius 3 is 2.75 bits per heavy atom. The third-order valence-electron chi connectivity index (χ3n) is 5.67. The fraction of sp³-hybridized carbons (Fsp3) is 0.240. The number of hydrogen-bond donors (Lipinski definition) is 2. The second-order valence-corrected chi connectivity index (χ2v) is 8.48. The van der Waals surface area contributed by atoms with Crippen molar-refractivity contribution >= 4 is 28.9 Å². The largest absolute Gasteiger partial charge is 0.435 e. The lowest BCUT2D eigenvalue weighted by Crippen LogP contribution is -2.28. The first-order chi connectivity index (χ1) is 17.4. The van der Waals surface area contributed by atoms with Crippen molar-refractivity contribution in [2.75, 3.05) is 56.3 Å². The van der Waals surface area contributed by atoms with Gasteiger partial charge in [-0.2, -0.15) is 15.2 Å². The highest BCUT2D eigenvalue weighted by molar-refractivity contribution is 6.01. The number of aromatic nitrogens is 2. The van der Waals surface area contributed by atoms with E-state index in [-0.39, 0.29) is 24.3 Å². The van der Waals surface area contributed by atoms with E-state index in [1.807, 2.05) is 44.2 Å². The summed E-state index contributed by atoms with van der Waals surface area (Å²) in [6.07, 6.45) is 0. The van der Waals surface area contributed by atoms with E-state index in [0.29, 0.717) is 28.6 Å². The van der Waals surface area contributed by atoms with Crippen LogP contribution in [-0.2, 0) is 4.79 Å².